The fourth-order valence-electron chi connectivity index (χ4n) is 1.53. The van der Waals surface area contributed by atoms with Crippen LogP contribution in [0.2, 0.25) is 0 Å². The number of rotatable bonds is 6. The highest BCUT2D eigenvalue weighted by Gasteiger charge is 2.15. The number of nitrogens with two attached hydrogens (primary N) is 1. The Morgan fingerprint density at radius 2 is 2.12 bits per heavy atom. The van der Waals surface area contributed by atoms with Crippen molar-refractivity contribution in [2.24, 2.45) is 0 Å². The number of nitrogens with zero attached hydrogens (tertiary/aromatic N) is 3. The average Bonchev–Trinajstić information content (AvgIpc) is 2.72. The molecule has 7 heteroatoms. The van der Waals surface area contributed by atoms with E-state index in [1.54, 1.807) is 0 Å². The Labute approximate surface area is 105 Å². The third-order valence-corrected chi connectivity index (χ3v) is 3.19. The van der Waals surface area contributed by atoms with Gasteiger partial charge in [-0.05, 0) is 20.0 Å². The highest BCUT2D eigenvalue weighted by atomic mass is 32.1. The Kier molecular flexibility index (Phi) is 5.30. The summed E-state index contributed by atoms with van der Waals surface area (Å²) in [5, 5.41) is 10.8. The molecule has 1 unspecified atom stereocenters. The van der Waals surface area contributed by atoms with Gasteiger partial charge >= 0.3 is 0 Å². The fraction of sp³-hybridized carbons (Fsp3) is 0.700. The molecule has 1 aromatic heterocycles. The van der Waals surface area contributed by atoms with Crippen LogP contribution in [0.5, 0.6) is 0 Å². The van der Waals surface area contributed by atoms with Gasteiger partial charge in [0.15, 0.2) is 0 Å². The molecule has 0 aliphatic heterocycles. The van der Waals surface area contributed by atoms with Gasteiger partial charge in [0.1, 0.15) is 0 Å². The van der Waals surface area contributed by atoms with Gasteiger partial charge in [0.25, 0.3) is 5.91 Å². The molecule has 1 aromatic rings. The molecule has 1 amide bonds. The number of amides is 1. The second-order valence-electron chi connectivity index (χ2n) is 3.81. The minimum atomic E-state index is -0.209. The van der Waals surface area contributed by atoms with Crippen molar-refractivity contribution in [3.05, 3.63) is 5.01 Å². The number of nitrogen functional groups attached to an aromatic ring is 1. The summed E-state index contributed by atoms with van der Waals surface area (Å²) in [4.78, 5) is 14.0. The first-order valence-corrected chi connectivity index (χ1v) is 6.50. The zero-order chi connectivity index (χ0) is 12.8. The molecule has 0 fully saturated rings. The largest absolute Gasteiger partial charge is 0.374 e. The van der Waals surface area contributed by atoms with Gasteiger partial charge in [-0.3, -0.25) is 4.79 Å². The Morgan fingerprint density at radius 3 is 2.59 bits per heavy atom. The molecule has 0 aromatic carbocycles. The molecule has 0 saturated heterocycles. The lowest BCUT2D eigenvalue weighted by Crippen LogP contribution is -2.41. The van der Waals surface area contributed by atoms with E-state index >= 15 is 0 Å². The molecule has 0 aliphatic carbocycles. The summed E-state index contributed by atoms with van der Waals surface area (Å²) in [6.45, 7) is 8.95. The maximum Gasteiger partial charge on any atom is 0.282 e. The van der Waals surface area contributed by atoms with Gasteiger partial charge in [-0.2, -0.15) is 0 Å². The van der Waals surface area contributed by atoms with Crippen LogP contribution in [-0.2, 0) is 0 Å². The summed E-state index contributed by atoms with van der Waals surface area (Å²) < 4.78 is 0. The van der Waals surface area contributed by atoms with E-state index in [0.29, 0.717) is 10.1 Å². The molecule has 6 nitrogen and oxygen atoms in total. The monoisotopic (exact) mass is 257 g/mol. The second-order valence-corrected chi connectivity index (χ2v) is 4.81. The van der Waals surface area contributed by atoms with Gasteiger partial charge in [0.2, 0.25) is 10.1 Å². The highest BCUT2D eigenvalue weighted by Crippen LogP contribution is 2.10. The molecule has 3 N–H and O–H groups in total. The van der Waals surface area contributed by atoms with Crippen molar-refractivity contribution < 1.29 is 4.79 Å². The maximum atomic E-state index is 11.7. The average molecular weight is 257 g/mol. The molecule has 0 saturated carbocycles. The fourth-order valence-corrected chi connectivity index (χ4v) is 2.04. The molecule has 0 bridgehead atoms. The third kappa shape index (κ3) is 4.27. The Morgan fingerprint density at radius 1 is 1.47 bits per heavy atom. The van der Waals surface area contributed by atoms with Crippen molar-refractivity contribution in [2.75, 3.05) is 25.4 Å². The van der Waals surface area contributed by atoms with E-state index in [2.05, 4.69) is 34.3 Å². The molecule has 0 radical (unpaired) electrons. The highest BCUT2D eigenvalue weighted by molar-refractivity contribution is 7.16. The van der Waals surface area contributed by atoms with Crippen LogP contribution < -0.4 is 11.1 Å². The molecule has 1 rings (SSSR count). The summed E-state index contributed by atoms with van der Waals surface area (Å²) in [6.07, 6.45) is 0. The number of carbonyl (C=O) groups excluding carboxylic acids is 1. The van der Waals surface area contributed by atoms with Crippen molar-refractivity contribution in [2.45, 2.75) is 26.8 Å². The Balaban J connectivity index is 2.45. The second kappa shape index (κ2) is 6.51. The predicted octanol–water partition coefficient (Wildman–Crippen LogP) is 0.580. The molecule has 1 atom stereocenters. The number of hydrogen-bond donors (Lipinski definition) is 2. The smallest absolute Gasteiger partial charge is 0.282 e. The summed E-state index contributed by atoms with van der Waals surface area (Å²) in [5.41, 5.74) is 5.43. The van der Waals surface area contributed by atoms with Crippen LogP contribution in [0.25, 0.3) is 0 Å². The first-order chi connectivity index (χ1) is 8.06. The normalized spacial score (nSPS) is 12.7. The van der Waals surface area contributed by atoms with Gasteiger partial charge in [-0.1, -0.05) is 25.2 Å². The minimum absolute atomic E-state index is 0.0764. The number of likely N-dealkylation sites (N-methyl/N-ethyl adjacent to an activating group) is 1. The number of aromatic nitrogens is 2. The van der Waals surface area contributed by atoms with E-state index in [1.807, 2.05) is 6.92 Å². The summed E-state index contributed by atoms with van der Waals surface area (Å²) >= 11 is 1.10. The van der Waals surface area contributed by atoms with Crippen LogP contribution >= 0.6 is 11.3 Å². The van der Waals surface area contributed by atoms with E-state index in [1.165, 1.54) is 0 Å². The maximum absolute atomic E-state index is 11.7. The van der Waals surface area contributed by atoms with E-state index in [-0.39, 0.29) is 11.9 Å². The lowest BCUT2D eigenvalue weighted by Gasteiger charge is -2.22. The number of carbonyl (C=O) groups is 1. The van der Waals surface area contributed by atoms with Crippen molar-refractivity contribution in [1.82, 2.24) is 20.4 Å². The predicted molar refractivity (Wildman–Crippen MR) is 69.0 cm³/mol. The third-order valence-electron chi connectivity index (χ3n) is 2.44. The zero-order valence-electron chi connectivity index (χ0n) is 10.4. The van der Waals surface area contributed by atoms with Crippen LogP contribution in [-0.4, -0.2) is 46.7 Å². The topological polar surface area (TPSA) is 84.1 Å². The van der Waals surface area contributed by atoms with Gasteiger partial charge in [0.05, 0.1) is 0 Å². The number of nitrogens with one attached hydrogen (secondary N) is 1. The van der Waals surface area contributed by atoms with Crippen molar-refractivity contribution in [1.29, 1.82) is 0 Å². The molecule has 17 heavy (non-hydrogen) atoms. The zero-order valence-corrected chi connectivity index (χ0v) is 11.3. The molecule has 1 heterocycles. The van der Waals surface area contributed by atoms with Crippen molar-refractivity contribution >= 4 is 22.4 Å². The lowest BCUT2D eigenvalue weighted by molar-refractivity contribution is 0.0929. The van der Waals surface area contributed by atoms with Crippen LogP contribution in [0.4, 0.5) is 5.13 Å². The van der Waals surface area contributed by atoms with E-state index < -0.39 is 0 Å². The first-order valence-electron chi connectivity index (χ1n) is 5.69. The summed E-state index contributed by atoms with van der Waals surface area (Å²) in [5.74, 6) is -0.209. The van der Waals surface area contributed by atoms with Crippen molar-refractivity contribution in [3.63, 3.8) is 0 Å². The molecular formula is C10H19N5OS. The van der Waals surface area contributed by atoms with Crippen molar-refractivity contribution in [3.8, 4) is 0 Å². The van der Waals surface area contributed by atoms with E-state index in [4.69, 9.17) is 5.73 Å². The van der Waals surface area contributed by atoms with Crippen LogP contribution in [0, 0.1) is 0 Å². The summed E-state index contributed by atoms with van der Waals surface area (Å²) in [6, 6.07) is 0.0764. The number of anilines is 1. The lowest BCUT2D eigenvalue weighted by atomic mass is 10.3. The molecular weight excluding hydrogens is 238 g/mol. The quantitative estimate of drug-likeness (QED) is 0.779. The van der Waals surface area contributed by atoms with Gasteiger partial charge < -0.3 is 16.0 Å². The van der Waals surface area contributed by atoms with Crippen LogP contribution in [0.1, 0.15) is 30.6 Å². The Hall–Kier alpha value is -1.21. The van der Waals surface area contributed by atoms with Crippen LogP contribution in [0.15, 0.2) is 0 Å². The summed E-state index contributed by atoms with van der Waals surface area (Å²) in [7, 11) is 0. The van der Waals surface area contributed by atoms with Gasteiger partial charge in [-0.15, -0.1) is 10.2 Å². The van der Waals surface area contributed by atoms with E-state index in [0.717, 1.165) is 31.0 Å². The van der Waals surface area contributed by atoms with Crippen LogP contribution in [0.3, 0.4) is 0 Å². The molecule has 96 valence electrons. The Bertz CT molecular complexity index is 363. The SMILES string of the molecule is CCN(CC)CC(C)NC(=O)c1nnc(N)s1. The standard InChI is InChI=1S/C10H19N5OS/c1-4-15(5-2)6-7(3)12-8(16)9-13-14-10(11)17-9/h7H,4-6H2,1-3H3,(H2,11,14)(H,12,16). The van der Waals surface area contributed by atoms with Gasteiger partial charge in [0, 0.05) is 12.6 Å². The first kappa shape index (κ1) is 13.9. The minimum Gasteiger partial charge on any atom is -0.374 e. The van der Waals surface area contributed by atoms with E-state index in [9.17, 15) is 4.79 Å². The number of hydrogen-bond acceptors (Lipinski definition) is 6. The molecule has 0 aliphatic rings. The van der Waals surface area contributed by atoms with Gasteiger partial charge in [-0.25, -0.2) is 0 Å². The molecule has 0 spiro atoms.